The SMILES string of the molecule is Cc1ccoc1C(=O)OC(C)C(=O)Nc1ccc(Cl)cn1. The number of furan rings is 1. The van der Waals surface area contributed by atoms with E-state index in [0.29, 0.717) is 16.4 Å². The molecule has 0 fully saturated rings. The second-order valence-electron chi connectivity index (χ2n) is 4.33. The molecule has 1 unspecified atom stereocenters. The Kier molecular flexibility index (Phi) is 4.59. The van der Waals surface area contributed by atoms with Crippen molar-refractivity contribution >= 4 is 29.3 Å². The number of hydrogen-bond acceptors (Lipinski definition) is 5. The lowest BCUT2D eigenvalue weighted by atomic mass is 10.3. The van der Waals surface area contributed by atoms with Crippen LogP contribution in [0, 0.1) is 6.92 Å². The van der Waals surface area contributed by atoms with Crippen molar-refractivity contribution in [2.75, 3.05) is 5.32 Å². The number of pyridine rings is 1. The highest BCUT2D eigenvalue weighted by Gasteiger charge is 2.22. The van der Waals surface area contributed by atoms with E-state index in [2.05, 4.69) is 10.3 Å². The van der Waals surface area contributed by atoms with Gasteiger partial charge in [0, 0.05) is 11.8 Å². The van der Waals surface area contributed by atoms with Crippen LogP contribution in [-0.2, 0) is 9.53 Å². The number of aromatic nitrogens is 1. The molecule has 2 heterocycles. The van der Waals surface area contributed by atoms with Crippen LogP contribution < -0.4 is 5.32 Å². The summed E-state index contributed by atoms with van der Waals surface area (Å²) < 4.78 is 10.0. The molecule has 1 atom stereocenters. The Morgan fingerprint density at radius 3 is 2.71 bits per heavy atom. The molecule has 2 aromatic heterocycles. The number of carbonyl (C=O) groups excluding carboxylic acids is 2. The number of anilines is 1. The van der Waals surface area contributed by atoms with Gasteiger partial charge in [0.1, 0.15) is 5.82 Å². The van der Waals surface area contributed by atoms with E-state index in [1.165, 1.54) is 19.4 Å². The maximum atomic E-state index is 11.9. The zero-order valence-corrected chi connectivity index (χ0v) is 12.2. The highest BCUT2D eigenvalue weighted by molar-refractivity contribution is 6.30. The summed E-state index contributed by atoms with van der Waals surface area (Å²) in [6, 6.07) is 4.78. The van der Waals surface area contributed by atoms with E-state index in [0.717, 1.165) is 0 Å². The Labute approximate surface area is 126 Å². The third kappa shape index (κ3) is 3.82. The molecule has 7 heteroatoms. The number of ether oxygens (including phenoxy) is 1. The summed E-state index contributed by atoms with van der Waals surface area (Å²) in [5.74, 6) is -0.785. The molecule has 0 saturated carbocycles. The Balaban J connectivity index is 1.95. The number of aryl methyl sites for hydroxylation is 1. The molecule has 21 heavy (non-hydrogen) atoms. The number of carbonyl (C=O) groups is 2. The van der Waals surface area contributed by atoms with Gasteiger partial charge in [0.15, 0.2) is 6.10 Å². The van der Waals surface area contributed by atoms with Gasteiger partial charge in [-0.25, -0.2) is 9.78 Å². The molecule has 0 aliphatic carbocycles. The van der Waals surface area contributed by atoms with Crippen molar-refractivity contribution < 1.29 is 18.7 Å². The van der Waals surface area contributed by atoms with Gasteiger partial charge in [-0.1, -0.05) is 11.6 Å². The first-order valence-electron chi connectivity index (χ1n) is 6.15. The first-order chi connectivity index (χ1) is 9.97. The minimum absolute atomic E-state index is 0.0827. The van der Waals surface area contributed by atoms with Gasteiger partial charge in [-0.05, 0) is 32.0 Å². The predicted molar refractivity (Wildman–Crippen MR) is 76.2 cm³/mol. The molecule has 0 bridgehead atoms. The van der Waals surface area contributed by atoms with Crippen LogP contribution in [-0.4, -0.2) is 23.0 Å². The summed E-state index contributed by atoms with van der Waals surface area (Å²) in [5.41, 5.74) is 0.645. The summed E-state index contributed by atoms with van der Waals surface area (Å²) in [6.07, 6.45) is 1.80. The molecule has 1 amide bonds. The zero-order valence-electron chi connectivity index (χ0n) is 11.4. The van der Waals surface area contributed by atoms with E-state index in [1.54, 1.807) is 25.1 Å². The van der Waals surface area contributed by atoms with Crippen molar-refractivity contribution in [2.24, 2.45) is 0 Å². The Hall–Kier alpha value is -2.34. The Morgan fingerprint density at radius 1 is 1.38 bits per heavy atom. The van der Waals surface area contributed by atoms with Crippen molar-refractivity contribution in [3.05, 3.63) is 47.0 Å². The molecule has 0 radical (unpaired) electrons. The molecule has 0 aromatic carbocycles. The van der Waals surface area contributed by atoms with Gasteiger partial charge < -0.3 is 14.5 Å². The van der Waals surface area contributed by atoms with Gasteiger partial charge in [-0.3, -0.25) is 4.79 Å². The van der Waals surface area contributed by atoms with Crippen molar-refractivity contribution in [2.45, 2.75) is 20.0 Å². The fourth-order valence-corrected chi connectivity index (χ4v) is 1.64. The summed E-state index contributed by atoms with van der Waals surface area (Å²) >= 11 is 5.70. The van der Waals surface area contributed by atoms with Crippen molar-refractivity contribution in [3.63, 3.8) is 0 Å². The summed E-state index contributed by atoms with van der Waals surface area (Å²) in [5, 5.41) is 2.98. The molecule has 110 valence electrons. The lowest BCUT2D eigenvalue weighted by Crippen LogP contribution is -2.30. The van der Waals surface area contributed by atoms with E-state index < -0.39 is 18.0 Å². The number of esters is 1. The van der Waals surface area contributed by atoms with Gasteiger partial charge in [-0.15, -0.1) is 0 Å². The number of halogens is 1. The summed E-state index contributed by atoms with van der Waals surface area (Å²) in [4.78, 5) is 27.6. The number of nitrogens with one attached hydrogen (secondary N) is 1. The van der Waals surface area contributed by atoms with Gasteiger partial charge in [0.25, 0.3) is 5.91 Å². The molecule has 2 aromatic rings. The van der Waals surface area contributed by atoms with Crippen LogP contribution in [0.5, 0.6) is 0 Å². The number of rotatable bonds is 4. The average molecular weight is 309 g/mol. The van der Waals surface area contributed by atoms with E-state index >= 15 is 0 Å². The average Bonchev–Trinajstić information content (AvgIpc) is 2.87. The molecular formula is C14H13ClN2O4. The summed E-state index contributed by atoms with van der Waals surface area (Å²) in [7, 11) is 0. The molecule has 6 nitrogen and oxygen atoms in total. The Morgan fingerprint density at radius 2 is 2.14 bits per heavy atom. The highest BCUT2D eigenvalue weighted by Crippen LogP contribution is 2.13. The molecule has 2 rings (SSSR count). The summed E-state index contributed by atoms with van der Waals surface area (Å²) in [6.45, 7) is 3.17. The molecule has 0 saturated heterocycles. The predicted octanol–water partition coefficient (Wildman–Crippen LogP) is 2.82. The fraction of sp³-hybridized carbons (Fsp3) is 0.214. The molecule has 0 aliphatic rings. The van der Waals surface area contributed by atoms with Crippen molar-refractivity contribution in [3.8, 4) is 0 Å². The minimum Gasteiger partial charge on any atom is -0.457 e. The van der Waals surface area contributed by atoms with Crippen LogP contribution in [0.4, 0.5) is 5.82 Å². The van der Waals surface area contributed by atoms with E-state index in [9.17, 15) is 9.59 Å². The third-order valence-electron chi connectivity index (χ3n) is 2.68. The van der Waals surface area contributed by atoms with Gasteiger partial charge in [0.05, 0.1) is 11.3 Å². The maximum Gasteiger partial charge on any atom is 0.375 e. The molecular weight excluding hydrogens is 296 g/mol. The quantitative estimate of drug-likeness (QED) is 0.878. The first-order valence-corrected chi connectivity index (χ1v) is 6.52. The van der Waals surface area contributed by atoms with E-state index in [-0.39, 0.29) is 5.76 Å². The first kappa shape index (κ1) is 15.1. The van der Waals surface area contributed by atoms with Crippen LogP contribution >= 0.6 is 11.6 Å². The topological polar surface area (TPSA) is 81.4 Å². The highest BCUT2D eigenvalue weighted by atomic mass is 35.5. The second-order valence-corrected chi connectivity index (χ2v) is 4.77. The van der Waals surface area contributed by atoms with Crippen LogP contribution in [0.25, 0.3) is 0 Å². The van der Waals surface area contributed by atoms with Gasteiger partial charge in [0.2, 0.25) is 5.76 Å². The minimum atomic E-state index is -0.987. The molecule has 1 N–H and O–H groups in total. The lowest BCUT2D eigenvalue weighted by molar-refractivity contribution is -0.123. The number of nitrogens with zero attached hydrogens (tertiary/aromatic N) is 1. The van der Waals surface area contributed by atoms with E-state index in [1.807, 2.05) is 0 Å². The maximum absolute atomic E-state index is 11.9. The van der Waals surface area contributed by atoms with Crippen LogP contribution in [0.15, 0.2) is 35.1 Å². The lowest BCUT2D eigenvalue weighted by Gasteiger charge is -2.12. The van der Waals surface area contributed by atoms with Crippen LogP contribution in [0.2, 0.25) is 5.02 Å². The van der Waals surface area contributed by atoms with Crippen LogP contribution in [0.3, 0.4) is 0 Å². The van der Waals surface area contributed by atoms with Gasteiger partial charge >= 0.3 is 5.97 Å². The standard InChI is InChI=1S/C14H13ClN2O4/c1-8-5-6-20-12(8)14(19)21-9(2)13(18)17-11-4-3-10(15)7-16-11/h3-7,9H,1-2H3,(H,16,17,18). The third-order valence-corrected chi connectivity index (χ3v) is 2.90. The van der Waals surface area contributed by atoms with Gasteiger partial charge in [-0.2, -0.15) is 0 Å². The second kappa shape index (κ2) is 6.41. The van der Waals surface area contributed by atoms with Crippen molar-refractivity contribution in [1.29, 1.82) is 0 Å². The fourth-order valence-electron chi connectivity index (χ4n) is 1.53. The number of hydrogen-bond donors (Lipinski definition) is 1. The zero-order chi connectivity index (χ0) is 15.4. The monoisotopic (exact) mass is 308 g/mol. The number of amides is 1. The van der Waals surface area contributed by atoms with Crippen LogP contribution in [0.1, 0.15) is 23.0 Å². The molecule has 0 aliphatic heterocycles. The largest absolute Gasteiger partial charge is 0.457 e. The molecule has 0 spiro atoms. The normalized spacial score (nSPS) is 11.8. The Bertz CT molecular complexity index is 651. The van der Waals surface area contributed by atoms with Crippen molar-refractivity contribution in [1.82, 2.24) is 4.98 Å². The van der Waals surface area contributed by atoms with E-state index in [4.69, 9.17) is 20.8 Å². The smallest absolute Gasteiger partial charge is 0.375 e.